The van der Waals surface area contributed by atoms with Gasteiger partial charge in [-0.05, 0) is 44.0 Å². The van der Waals surface area contributed by atoms with Crippen molar-refractivity contribution in [1.29, 1.82) is 0 Å². The van der Waals surface area contributed by atoms with E-state index in [9.17, 15) is 18.0 Å². The number of carbonyl (C=O) groups excluding carboxylic acids is 1. The number of nitrogens with one attached hydrogen (secondary N) is 1. The Morgan fingerprint density at radius 2 is 1.93 bits per heavy atom. The highest BCUT2D eigenvalue weighted by atomic mass is 35.5. The molecule has 9 heteroatoms. The number of hydrogen-bond acceptors (Lipinski definition) is 3. The SMILES string of the molecule is Cc1nn(C2CC2)c2ncc(C(=O)Nc3ccc(C(F)(F)F)cc3)c(Cl)c12. The molecule has 0 aliphatic heterocycles. The summed E-state index contributed by atoms with van der Waals surface area (Å²) in [7, 11) is 0. The van der Waals surface area contributed by atoms with E-state index in [0.29, 0.717) is 22.8 Å². The van der Waals surface area contributed by atoms with Crippen molar-refractivity contribution in [2.24, 2.45) is 0 Å². The maximum atomic E-state index is 12.6. The number of fused-ring (bicyclic) bond motifs is 1. The minimum Gasteiger partial charge on any atom is -0.322 e. The summed E-state index contributed by atoms with van der Waals surface area (Å²) >= 11 is 6.43. The van der Waals surface area contributed by atoms with Crippen molar-refractivity contribution in [3.8, 4) is 0 Å². The zero-order valence-electron chi connectivity index (χ0n) is 14.1. The molecule has 1 saturated carbocycles. The van der Waals surface area contributed by atoms with E-state index in [-0.39, 0.29) is 16.3 Å². The van der Waals surface area contributed by atoms with Gasteiger partial charge in [0.1, 0.15) is 0 Å². The standard InChI is InChI=1S/C18H14ClF3N4O/c1-9-14-15(19)13(8-23-16(14)26(25-9)12-6-7-12)17(27)24-11-4-2-10(3-5-11)18(20,21)22/h2-5,8,12H,6-7H2,1H3,(H,24,27). The molecule has 1 N–H and O–H groups in total. The Morgan fingerprint density at radius 3 is 2.52 bits per heavy atom. The van der Waals surface area contributed by atoms with E-state index in [1.54, 1.807) is 6.92 Å². The van der Waals surface area contributed by atoms with Crippen molar-refractivity contribution in [3.05, 3.63) is 52.3 Å². The molecule has 2 heterocycles. The molecule has 4 rings (SSSR count). The van der Waals surface area contributed by atoms with Gasteiger partial charge >= 0.3 is 6.18 Å². The third-order valence-corrected chi connectivity index (χ3v) is 4.83. The molecule has 0 radical (unpaired) electrons. The van der Waals surface area contributed by atoms with Gasteiger partial charge in [-0.25, -0.2) is 9.67 Å². The summed E-state index contributed by atoms with van der Waals surface area (Å²) in [6.45, 7) is 1.80. The number of benzene rings is 1. The predicted octanol–water partition coefficient (Wildman–Crippen LogP) is 5.00. The van der Waals surface area contributed by atoms with Gasteiger partial charge in [-0.1, -0.05) is 11.6 Å². The molecule has 3 aromatic rings. The van der Waals surface area contributed by atoms with E-state index in [0.717, 1.165) is 25.0 Å². The molecule has 1 aromatic carbocycles. The molecule has 2 aromatic heterocycles. The normalized spacial score (nSPS) is 14.6. The first-order chi connectivity index (χ1) is 12.8. The van der Waals surface area contributed by atoms with E-state index in [2.05, 4.69) is 15.4 Å². The van der Waals surface area contributed by atoms with E-state index in [4.69, 9.17) is 11.6 Å². The Hall–Kier alpha value is -2.61. The van der Waals surface area contributed by atoms with Crippen LogP contribution in [0, 0.1) is 6.92 Å². The number of alkyl halides is 3. The molecule has 1 amide bonds. The average Bonchev–Trinajstić information content (AvgIpc) is 3.38. The maximum Gasteiger partial charge on any atom is 0.416 e. The van der Waals surface area contributed by atoms with Crippen LogP contribution < -0.4 is 5.32 Å². The number of anilines is 1. The summed E-state index contributed by atoms with van der Waals surface area (Å²) in [4.78, 5) is 16.9. The second kappa shape index (κ2) is 6.23. The lowest BCUT2D eigenvalue weighted by Gasteiger charge is -2.10. The molecule has 0 saturated heterocycles. The van der Waals surface area contributed by atoms with E-state index >= 15 is 0 Å². The molecule has 0 unspecified atom stereocenters. The van der Waals surface area contributed by atoms with Gasteiger partial charge in [0.15, 0.2) is 5.65 Å². The summed E-state index contributed by atoms with van der Waals surface area (Å²) in [5.74, 6) is -0.548. The van der Waals surface area contributed by atoms with Crippen LogP contribution in [-0.2, 0) is 6.18 Å². The number of aromatic nitrogens is 3. The summed E-state index contributed by atoms with van der Waals surface area (Å²) in [5.41, 5.74) is 0.895. The second-order valence-corrected chi connectivity index (χ2v) is 6.85. The minimum atomic E-state index is -4.43. The van der Waals surface area contributed by atoms with Crippen LogP contribution in [0.2, 0.25) is 5.02 Å². The lowest BCUT2D eigenvalue weighted by molar-refractivity contribution is -0.137. The number of nitrogens with zero attached hydrogens (tertiary/aromatic N) is 3. The Balaban J connectivity index is 1.63. The van der Waals surface area contributed by atoms with E-state index < -0.39 is 17.6 Å². The first kappa shape index (κ1) is 17.8. The third kappa shape index (κ3) is 3.25. The van der Waals surface area contributed by atoms with Crippen LogP contribution in [0.25, 0.3) is 11.0 Å². The molecule has 1 aliphatic carbocycles. The fourth-order valence-corrected chi connectivity index (χ4v) is 3.26. The van der Waals surface area contributed by atoms with Crippen LogP contribution >= 0.6 is 11.6 Å². The Labute approximate surface area is 157 Å². The van der Waals surface area contributed by atoms with Crippen LogP contribution in [0.3, 0.4) is 0 Å². The van der Waals surface area contributed by atoms with Crippen LogP contribution in [0.1, 0.15) is 40.5 Å². The molecule has 1 aliphatic rings. The van der Waals surface area contributed by atoms with Crippen molar-refractivity contribution in [2.75, 3.05) is 5.32 Å². The number of carbonyl (C=O) groups is 1. The lowest BCUT2D eigenvalue weighted by atomic mass is 10.1. The Morgan fingerprint density at radius 1 is 1.26 bits per heavy atom. The van der Waals surface area contributed by atoms with Gasteiger partial charge in [-0.2, -0.15) is 18.3 Å². The first-order valence-corrected chi connectivity index (χ1v) is 8.65. The van der Waals surface area contributed by atoms with Crippen LogP contribution in [0.4, 0.5) is 18.9 Å². The van der Waals surface area contributed by atoms with Gasteiger partial charge in [-0.15, -0.1) is 0 Å². The smallest absolute Gasteiger partial charge is 0.322 e. The highest BCUT2D eigenvalue weighted by Gasteiger charge is 2.30. The van der Waals surface area contributed by atoms with Crippen molar-refractivity contribution in [3.63, 3.8) is 0 Å². The third-order valence-electron chi connectivity index (χ3n) is 4.44. The van der Waals surface area contributed by atoms with Crippen molar-refractivity contribution in [2.45, 2.75) is 32.0 Å². The average molecular weight is 395 g/mol. The van der Waals surface area contributed by atoms with Gasteiger partial charge in [-0.3, -0.25) is 4.79 Å². The quantitative estimate of drug-likeness (QED) is 0.680. The number of amides is 1. The summed E-state index contributed by atoms with van der Waals surface area (Å²) in [6, 6.07) is 4.51. The molecule has 0 spiro atoms. The zero-order chi connectivity index (χ0) is 19.3. The maximum absolute atomic E-state index is 12.6. The van der Waals surface area contributed by atoms with Gasteiger partial charge < -0.3 is 5.32 Å². The Kier molecular flexibility index (Phi) is 4.10. The van der Waals surface area contributed by atoms with Gasteiger partial charge in [0, 0.05) is 11.9 Å². The largest absolute Gasteiger partial charge is 0.416 e. The molecular weight excluding hydrogens is 381 g/mol. The molecule has 0 bridgehead atoms. The molecule has 140 valence electrons. The summed E-state index contributed by atoms with van der Waals surface area (Å²) in [5, 5.41) is 7.85. The van der Waals surface area contributed by atoms with Gasteiger partial charge in [0.2, 0.25) is 0 Å². The molecular formula is C18H14ClF3N4O. The fraction of sp³-hybridized carbons (Fsp3) is 0.278. The number of aryl methyl sites for hydroxylation is 1. The highest BCUT2D eigenvalue weighted by molar-refractivity contribution is 6.39. The van der Waals surface area contributed by atoms with E-state index in [1.807, 2.05) is 4.68 Å². The molecule has 5 nitrogen and oxygen atoms in total. The topological polar surface area (TPSA) is 59.8 Å². The zero-order valence-corrected chi connectivity index (χ0v) is 14.9. The number of halogens is 4. The van der Waals surface area contributed by atoms with Crippen molar-refractivity contribution < 1.29 is 18.0 Å². The summed E-state index contributed by atoms with van der Waals surface area (Å²) in [6.07, 6.45) is -0.999. The number of hydrogen-bond donors (Lipinski definition) is 1. The second-order valence-electron chi connectivity index (χ2n) is 6.47. The van der Waals surface area contributed by atoms with Gasteiger partial charge in [0.05, 0.1) is 33.3 Å². The Bertz CT molecular complexity index is 1040. The minimum absolute atomic E-state index is 0.141. The predicted molar refractivity (Wildman–Crippen MR) is 94.9 cm³/mol. The molecule has 27 heavy (non-hydrogen) atoms. The fourth-order valence-electron chi connectivity index (χ4n) is 2.91. The van der Waals surface area contributed by atoms with E-state index in [1.165, 1.54) is 18.3 Å². The van der Waals surface area contributed by atoms with Crippen molar-refractivity contribution in [1.82, 2.24) is 14.8 Å². The van der Waals surface area contributed by atoms with Crippen LogP contribution in [0.15, 0.2) is 30.5 Å². The number of pyridine rings is 1. The monoisotopic (exact) mass is 394 g/mol. The lowest BCUT2D eigenvalue weighted by Crippen LogP contribution is -2.13. The van der Waals surface area contributed by atoms with Crippen molar-refractivity contribution >= 4 is 34.2 Å². The highest BCUT2D eigenvalue weighted by Crippen LogP contribution is 2.39. The summed E-state index contributed by atoms with van der Waals surface area (Å²) < 4.78 is 39.7. The number of rotatable bonds is 3. The molecule has 0 atom stereocenters. The first-order valence-electron chi connectivity index (χ1n) is 8.27. The van der Waals surface area contributed by atoms with Gasteiger partial charge in [0.25, 0.3) is 5.91 Å². The molecule has 1 fully saturated rings. The van der Waals surface area contributed by atoms with Crippen LogP contribution in [0.5, 0.6) is 0 Å². The van der Waals surface area contributed by atoms with Crippen LogP contribution in [-0.4, -0.2) is 20.7 Å².